The Morgan fingerprint density at radius 1 is 1.29 bits per heavy atom. The van der Waals surface area contributed by atoms with E-state index >= 15 is 0 Å². The fourth-order valence-electron chi connectivity index (χ4n) is 2.06. The van der Waals surface area contributed by atoms with E-state index in [1.165, 1.54) is 0 Å². The number of amides is 1. The second-order valence-electron chi connectivity index (χ2n) is 5.37. The molecule has 1 saturated heterocycles. The maximum absolute atomic E-state index is 12.0. The van der Waals surface area contributed by atoms with E-state index in [-0.39, 0.29) is 12.4 Å². The lowest BCUT2D eigenvalue weighted by molar-refractivity contribution is -0.133. The number of hydrogen-bond donors (Lipinski definition) is 1. The van der Waals surface area contributed by atoms with Crippen molar-refractivity contribution in [3.05, 3.63) is 0 Å². The fraction of sp³-hybridized carbons (Fsp3) is 0.923. The van der Waals surface area contributed by atoms with Crippen molar-refractivity contribution in [1.29, 1.82) is 0 Å². The highest BCUT2D eigenvalue weighted by Crippen LogP contribution is 2.17. The van der Waals surface area contributed by atoms with Crippen LogP contribution in [0.4, 0.5) is 0 Å². The number of carbonyl (C=O) groups is 1. The summed E-state index contributed by atoms with van der Waals surface area (Å²) in [7, 11) is 2.00. The number of piperidine rings is 1. The standard InChI is InChI=1S/C13H26N2O.ClH/c1-10(2)11(3)9-13(16)15-7-5-12(14-4)6-8-15;/h10-12,14H,5-9H2,1-4H3;1H. The summed E-state index contributed by atoms with van der Waals surface area (Å²) in [6.07, 6.45) is 2.90. The lowest BCUT2D eigenvalue weighted by atomic mass is 9.93. The molecule has 1 rings (SSSR count). The smallest absolute Gasteiger partial charge is 0.222 e. The summed E-state index contributed by atoms with van der Waals surface area (Å²) in [5.74, 6) is 1.43. The van der Waals surface area contributed by atoms with E-state index in [0.717, 1.165) is 25.9 Å². The predicted molar refractivity (Wildman–Crippen MR) is 74.5 cm³/mol. The highest BCUT2D eigenvalue weighted by molar-refractivity contribution is 5.85. The molecule has 4 heteroatoms. The van der Waals surface area contributed by atoms with Crippen molar-refractivity contribution in [2.75, 3.05) is 20.1 Å². The van der Waals surface area contributed by atoms with Crippen molar-refractivity contribution in [2.24, 2.45) is 11.8 Å². The van der Waals surface area contributed by atoms with E-state index in [0.29, 0.717) is 30.2 Å². The Bertz CT molecular complexity index is 225. The van der Waals surface area contributed by atoms with Crippen LogP contribution >= 0.6 is 12.4 Å². The fourth-order valence-corrected chi connectivity index (χ4v) is 2.06. The second kappa shape index (κ2) is 7.93. The van der Waals surface area contributed by atoms with Crippen molar-refractivity contribution in [2.45, 2.75) is 46.1 Å². The van der Waals surface area contributed by atoms with Crippen molar-refractivity contribution < 1.29 is 4.79 Å². The summed E-state index contributed by atoms with van der Waals surface area (Å²) in [6.45, 7) is 8.39. The summed E-state index contributed by atoms with van der Waals surface area (Å²) in [6, 6.07) is 0.603. The van der Waals surface area contributed by atoms with Gasteiger partial charge in [-0.25, -0.2) is 0 Å². The topological polar surface area (TPSA) is 32.3 Å². The summed E-state index contributed by atoms with van der Waals surface area (Å²) < 4.78 is 0. The summed E-state index contributed by atoms with van der Waals surface area (Å²) in [5, 5.41) is 3.28. The first kappa shape index (κ1) is 16.7. The number of nitrogens with one attached hydrogen (secondary N) is 1. The van der Waals surface area contributed by atoms with Crippen LogP contribution in [0.25, 0.3) is 0 Å². The van der Waals surface area contributed by atoms with Gasteiger partial charge in [-0.2, -0.15) is 0 Å². The Balaban J connectivity index is 0.00000256. The van der Waals surface area contributed by atoms with E-state index < -0.39 is 0 Å². The van der Waals surface area contributed by atoms with Crippen molar-refractivity contribution in [3.8, 4) is 0 Å². The second-order valence-corrected chi connectivity index (χ2v) is 5.37. The van der Waals surface area contributed by atoms with Crippen molar-refractivity contribution in [1.82, 2.24) is 10.2 Å². The third-order valence-electron chi connectivity index (χ3n) is 3.89. The minimum Gasteiger partial charge on any atom is -0.343 e. The van der Waals surface area contributed by atoms with Gasteiger partial charge in [0.1, 0.15) is 0 Å². The van der Waals surface area contributed by atoms with Crippen molar-refractivity contribution in [3.63, 3.8) is 0 Å². The minimum atomic E-state index is 0. The monoisotopic (exact) mass is 262 g/mol. The van der Waals surface area contributed by atoms with E-state index in [4.69, 9.17) is 0 Å². The van der Waals surface area contributed by atoms with Crippen LogP contribution in [0.2, 0.25) is 0 Å². The molecule has 0 bridgehead atoms. The van der Waals surface area contributed by atoms with Gasteiger partial charge in [-0.15, -0.1) is 12.4 Å². The molecule has 0 spiro atoms. The Morgan fingerprint density at radius 3 is 2.24 bits per heavy atom. The lowest BCUT2D eigenvalue weighted by Crippen LogP contribution is -2.44. The van der Waals surface area contributed by atoms with Crippen LogP contribution < -0.4 is 5.32 Å². The number of carbonyl (C=O) groups excluding carboxylic acids is 1. The highest BCUT2D eigenvalue weighted by atomic mass is 35.5. The highest BCUT2D eigenvalue weighted by Gasteiger charge is 2.23. The molecular formula is C13H27ClN2O. The van der Waals surface area contributed by atoms with Crippen LogP contribution in [0.1, 0.15) is 40.0 Å². The molecular weight excluding hydrogens is 236 g/mol. The minimum absolute atomic E-state index is 0. The largest absolute Gasteiger partial charge is 0.343 e. The van der Waals surface area contributed by atoms with Gasteiger partial charge in [0.25, 0.3) is 0 Å². The van der Waals surface area contributed by atoms with Gasteiger partial charge in [0.05, 0.1) is 0 Å². The quantitative estimate of drug-likeness (QED) is 0.843. The van der Waals surface area contributed by atoms with E-state index in [9.17, 15) is 4.79 Å². The van der Waals surface area contributed by atoms with Crippen LogP contribution in [0.3, 0.4) is 0 Å². The molecule has 1 N–H and O–H groups in total. The summed E-state index contributed by atoms with van der Waals surface area (Å²) in [4.78, 5) is 14.0. The molecule has 0 aromatic carbocycles. The lowest BCUT2D eigenvalue weighted by Gasteiger charge is -2.32. The number of likely N-dealkylation sites (tertiary alicyclic amines) is 1. The van der Waals surface area contributed by atoms with Crippen LogP contribution in [0.5, 0.6) is 0 Å². The van der Waals surface area contributed by atoms with Gasteiger partial charge >= 0.3 is 0 Å². The van der Waals surface area contributed by atoms with Gasteiger partial charge in [0, 0.05) is 25.6 Å². The van der Waals surface area contributed by atoms with Gasteiger partial charge in [-0.1, -0.05) is 20.8 Å². The Labute approximate surface area is 112 Å². The van der Waals surface area contributed by atoms with Gasteiger partial charge in [-0.05, 0) is 31.7 Å². The number of rotatable bonds is 4. The maximum atomic E-state index is 12.0. The molecule has 1 amide bonds. The molecule has 1 atom stereocenters. The number of halogens is 1. The zero-order valence-electron chi connectivity index (χ0n) is 11.5. The molecule has 0 aromatic rings. The first-order valence-corrected chi connectivity index (χ1v) is 6.49. The SMILES string of the molecule is CNC1CCN(C(=O)CC(C)C(C)C)CC1.Cl. The Kier molecular flexibility index (Phi) is 7.80. The van der Waals surface area contributed by atoms with Gasteiger partial charge in [0.2, 0.25) is 5.91 Å². The maximum Gasteiger partial charge on any atom is 0.222 e. The Morgan fingerprint density at radius 2 is 1.82 bits per heavy atom. The average molecular weight is 263 g/mol. The van der Waals surface area contributed by atoms with E-state index in [1.54, 1.807) is 0 Å². The molecule has 3 nitrogen and oxygen atoms in total. The first-order valence-electron chi connectivity index (χ1n) is 6.49. The molecule has 17 heavy (non-hydrogen) atoms. The van der Waals surface area contributed by atoms with E-state index in [2.05, 4.69) is 26.1 Å². The van der Waals surface area contributed by atoms with Crippen LogP contribution in [0.15, 0.2) is 0 Å². The molecule has 1 heterocycles. The third-order valence-corrected chi connectivity index (χ3v) is 3.89. The normalized spacial score (nSPS) is 19.0. The van der Waals surface area contributed by atoms with Crippen LogP contribution in [-0.2, 0) is 4.79 Å². The zero-order chi connectivity index (χ0) is 12.1. The molecule has 0 aromatic heterocycles. The number of nitrogens with zero attached hydrogens (tertiary/aromatic N) is 1. The van der Waals surface area contributed by atoms with Gasteiger partial charge < -0.3 is 10.2 Å². The molecule has 0 aliphatic carbocycles. The average Bonchev–Trinajstić information content (AvgIpc) is 2.28. The molecule has 1 unspecified atom stereocenters. The first-order chi connectivity index (χ1) is 7.54. The number of hydrogen-bond acceptors (Lipinski definition) is 2. The van der Waals surface area contributed by atoms with Gasteiger partial charge in [-0.3, -0.25) is 4.79 Å². The Hall–Kier alpha value is -0.280. The molecule has 0 radical (unpaired) electrons. The van der Waals surface area contributed by atoms with Crippen molar-refractivity contribution >= 4 is 18.3 Å². The molecule has 0 saturated carbocycles. The summed E-state index contributed by atoms with van der Waals surface area (Å²) in [5.41, 5.74) is 0. The van der Waals surface area contributed by atoms with Gasteiger partial charge in [0.15, 0.2) is 0 Å². The predicted octanol–water partition coefficient (Wildman–Crippen LogP) is 2.30. The van der Waals surface area contributed by atoms with E-state index in [1.807, 2.05) is 11.9 Å². The molecule has 1 fully saturated rings. The van der Waals surface area contributed by atoms with Crippen LogP contribution in [-0.4, -0.2) is 37.0 Å². The molecule has 1 aliphatic rings. The molecule has 102 valence electrons. The third kappa shape index (κ3) is 5.26. The summed E-state index contributed by atoms with van der Waals surface area (Å²) >= 11 is 0. The molecule has 1 aliphatic heterocycles. The van der Waals surface area contributed by atoms with Crippen LogP contribution in [0, 0.1) is 11.8 Å². The zero-order valence-corrected chi connectivity index (χ0v) is 12.3.